The van der Waals surface area contributed by atoms with Gasteiger partial charge < -0.3 is 0 Å². The van der Waals surface area contributed by atoms with E-state index in [0.29, 0.717) is 5.82 Å². The molecule has 3 aromatic heterocycles. The molecule has 0 fully saturated rings. The highest BCUT2D eigenvalue weighted by Crippen LogP contribution is 2.49. The number of fused-ring (bicyclic) bond motifs is 7. The molecule has 0 bridgehead atoms. The molecule has 0 spiro atoms. The van der Waals surface area contributed by atoms with Crippen LogP contribution in [0.3, 0.4) is 0 Å². The average Bonchev–Trinajstić information content (AvgIpc) is 3.79. The fourth-order valence-electron chi connectivity index (χ4n) is 8.34. The predicted octanol–water partition coefficient (Wildman–Crippen LogP) is 13.2. The van der Waals surface area contributed by atoms with Gasteiger partial charge in [0.1, 0.15) is 0 Å². The van der Waals surface area contributed by atoms with Crippen LogP contribution in [0.2, 0.25) is 0 Å². The summed E-state index contributed by atoms with van der Waals surface area (Å²) >= 11 is 1.83. The van der Waals surface area contributed by atoms with Gasteiger partial charge in [-0.15, -0.1) is 11.3 Å². The van der Waals surface area contributed by atoms with Crippen LogP contribution in [0.1, 0.15) is 22.6 Å². The average molecular weight is 706 g/mol. The fourth-order valence-corrected chi connectivity index (χ4v) is 9.48. The van der Waals surface area contributed by atoms with Crippen molar-refractivity contribution in [1.29, 1.82) is 0 Å². The highest BCUT2D eigenvalue weighted by molar-refractivity contribution is 7.25. The monoisotopic (exact) mass is 705 g/mol. The minimum atomic E-state index is 0.0782. The third-order valence-electron chi connectivity index (χ3n) is 10.8. The summed E-state index contributed by atoms with van der Waals surface area (Å²) < 4.78 is 2.54. The smallest absolute Gasteiger partial charge is 0.160 e. The molecular formula is C50H31N3S. The van der Waals surface area contributed by atoms with Gasteiger partial charge in [0.25, 0.3) is 0 Å². The molecule has 0 saturated carbocycles. The Labute approximate surface area is 316 Å². The number of rotatable bonds is 5. The third-order valence-corrected chi connectivity index (χ3v) is 11.9. The summed E-state index contributed by atoms with van der Waals surface area (Å²) in [6.07, 6.45) is 1.87. The number of nitrogens with zero attached hydrogens (tertiary/aromatic N) is 3. The van der Waals surface area contributed by atoms with Crippen molar-refractivity contribution in [3.63, 3.8) is 0 Å². The molecule has 252 valence electrons. The van der Waals surface area contributed by atoms with Crippen molar-refractivity contribution in [3.05, 3.63) is 199 Å². The van der Waals surface area contributed by atoms with Gasteiger partial charge in [0, 0.05) is 54.4 Å². The van der Waals surface area contributed by atoms with Gasteiger partial charge in [0.05, 0.1) is 16.9 Å². The minimum Gasteiger partial charge on any atom is -0.256 e. The number of benzene rings is 7. The molecule has 3 nitrogen and oxygen atoms in total. The molecule has 0 radical (unpaired) electrons. The lowest BCUT2D eigenvalue weighted by Crippen LogP contribution is -2.02. The van der Waals surface area contributed by atoms with E-state index < -0.39 is 0 Å². The molecular weight excluding hydrogens is 675 g/mol. The zero-order valence-corrected chi connectivity index (χ0v) is 30.0. The lowest BCUT2D eigenvalue weighted by Gasteiger charge is -2.19. The molecule has 0 saturated heterocycles. The van der Waals surface area contributed by atoms with E-state index in [2.05, 4.69) is 164 Å². The largest absolute Gasteiger partial charge is 0.256 e. The van der Waals surface area contributed by atoms with Gasteiger partial charge in [0.2, 0.25) is 0 Å². The maximum absolute atomic E-state index is 5.33. The number of hydrogen-bond acceptors (Lipinski definition) is 4. The second kappa shape index (κ2) is 12.4. The summed E-state index contributed by atoms with van der Waals surface area (Å²) in [5, 5.41) is 3.69. The molecule has 54 heavy (non-hydrogen) atoms. The van der Waals surface area contributed by atoms with Crippen molar-refractivity contribution >= 4 is 42.4 Å². The van der Waals surface area contributed by atoms with Crippen LogP contribution < -0.4 is 0 Å². The molecule has 4 heteroatoms. The van der Waals surface area contributed by atoms with E-state index in [0.717, 1.165) is 50.1 Å². The molecule has 0 unspecified atom stereocenters. The zero-order chi connectivity index (χ0) is 35.6. The van der Waals surface area contributed by atoms with Crippen molar-refractivity contribution in [2.24, 2.45) is 0 Å². The molecule has 10 aromatic rings. The van der Waals surface area contributed by atoms with Crippen LogP contribution in [0.4, 0.5) is 0 Å². The SMILES string of the molecule is c1ccc(-c2nc(-c3cc(-c4cccc5ncccc45)cc(C4c5ccccc5-c5ccccc54)c3)cc(-c3ccc4c(c3)sc3ccccc34)n2)cc1. The Bertz CT molecular complexity index is 3020. The highest BCUT2D eigenvalue weighted by Gasteiger charge is 2.30. The van der Waals surface area contributed by atoms with Gasteiger partial charge >= 0.3 is 0 Å². The topological polar surface area (TPSA) is 38.7 Å². The lowest BCUT2D eigenvalue weighted by molar-refractivity contribution is 1.02. The van der Waals surface area contributed by atoms with Crippen LogP contribution in [0, 0.1) is 0 Å². The first-order valence-electron chi connectivity index (χ1n) is 18.3. The number of hydrogen-bond donors (Lipinski definition) is 0. The van der Waals surface area contributed by atoms with Crippen LogP contribution in [-0.4, -0.2) is 15.0 Å². The van der Waals surface area contributed by atoms with Crippen molar-refractivity contribution in [2.45, 2.75) is 5.92 Å². The maximum atomic E-state index is 5.33. The van der Waals surface area contributed by atoms with Crippen LogP contribution in [0.5, 0.6) is 0 Å². The van der Waals surface area contributed by atoms with Gasteiger partial charge in [-0.05, 0) is 81.4 Å². The lowest BCUT2D eigenvalue weighted by atomic mass is 9.85. The molecule has 0 atom stereocenters. The predicted molar refractivity (Wildman–Crippen MR) is 225 cm³/mol. The van der Waals surface area contributed by atoms with E-state index in [4.69, 9.17) is 15.0 Å². The third kappa shape index (κ3) is 5.07. The molecule has 0 aliphatic heterocycles. The number of pyridine rings is 1. The van der Waals surface area contributed by atoms with Crippen LogP contribution in [0.15, 0.2) is 182 Å². The van der Waals surface area contributed by atoms with E-state index in [1.807, 2.05) is 29.7 Å². The molecule has 3 heterocycles. The van der Waals surface area contributed by atoms with E-state index in [-0.39, 0.29) is 5.92 Å². The van der Waals surface area contributed by atoms with E-state index in [1.165, 1.54) is 48.0 Å². The fraction of sp³-hybridized carbons (Fsp3) is 0.0200. The van der Waals surface area contributed by atoms with Crippen molar-refractivity contribution in [2.75, 3.05) is 0 Å². The Morgan fingerprint density at radius 1 is 0.407 bits per heavy atom. The second-order valence-corrected chi connectivity index (χ2v) is 15.0. The van der Waals surface area contributed by atoms with Crippen molar-refractivity contribution in [3.8, 4) is 56.2 Å². The van der Waals surface area contributed by atoms with E-state index in [1.54, 1.807) is 0 Å². The first-order chi connectivity index (χ1) is 26.7. The quantitative estimate of drug-likeness (QED) is 0.179. The molecule has 1 aliphatic carbocycles. The van der Waals surface area contributed by atoms with Crippen molar-refractivity contribution < 1.29 is 0 Å². The second-order valence-electron chi connectivity index (χ2n) is 14.0. The molecule has 0 amide bonds. The first-order valence-corrected chi connectivity index (χ1v) is 19.1. The Hall–Kier alpha value is -6.75. The summed E-state index contributed by atoms with van der Waals surface area (Å²) in [7, 11) is 0. The van der Waals surface area contributed by atoms with Crippen LogP contribution in [-0.2, 0) is 0 Å². The Morgan fingerprint density at radius 3 is 1.91 bits per heavy atom. The molecule has 1 aliphatic rings. The molecule has 11 rings (SSSR count). The molecule has 0 N–H and O–H groups in total. The van der Waals surface area contributed by atoms with Gasteiger partial charge in [0.15, 0.2) is 5.82 Å². The summed E-state index contributed by atoms with van der Waals surface area (Å²) in [4.78, 5) is 15.3. The van der Waals surface area contributed by atoms with Gasteiger partial charge in [-0.3, -0.25) is 4.98 Å². The Balaban J connectivity index is 1.16. The normalized spacial score (nSPS) is 12.4. The standard InChI is InChI=1S/C50H31N3S/c1-2-12-31(13-3-1)50-52-45(32-23-24-41-40-16-8-9-22-47(40)54-48(41)29-32)30-46(53-50)34-26-33(36-19-10-21-44-39(36)20-11-25-51-44)27-35(28-34)49-42-17-6-4-14-37(42)38-15-5-7-18-43(38)49/h1-30,49H. The summed E-state index contributed by atoms with van der Waals surface area (Å²) in [5.74, 6) is 0.784. The summed E-state index contributed by atoms with van der Waals surface area (Å²) in [5.41, 5.74) is 14.6. The van der Waals surface area contributed by atoms with Crippen LogP contribution >= 0.6 is 11.3 Å². The van der Waals surface area contributed by atoms with Crippen LogP contribution in [0.25, 0.3) is 87.2 Å². The van der Waals surface area contributed by atoms with Crippen molar-refractivity contribution in [1.82, 2.24) is 15.0 Å². The van der Waals surface area contributed by atoms with Gasteiger partial charge in [-0.2, -0.15) is 0 Å². The zero-order valence-electron chi connectivity index (χ0n) is 29.1. The Morgan fingerprint density at radius 2 is 1.07 bits per heavy atom. The first kappa shape index (κ1) is 30.8. The summed E-state index contributed by atoms with van der Waals surface area (Å²) in [6.45, 7) is 0. The number of aromatic nitrogens is 3. The maximum Gasteiger partial charge on any atom is 0.160 e. The molecule has 7 aromatic carbocycles. The Kier molecular flexibility index (Phi) is 7.10. The number of thiophene rings is 1. The van der Waals surface area contributed by atoms with E-state index in [9.17, 15) is 0 Å². The van der Waals surface area contributed by atoms with Gasteiger partial charge in [-0.1, -0.05) is 133 Å². The van der Waals surface area contributed by atoms with E-state index >= 15 is 0 Å². The van der Waals surface area contributed by atoms with Gasteiger partial charge in [-0.25, -0.2) is 9.97 Å². The summed E-state index contributed by atoms with van der Waals surface area (Å²) in [6, 6.07) is 63.2. The highest BCUT2D eigenvalue weighted by atomic mass is 32.1. The minimum absolute atomic E-state index is 0.0782.